The SMILES string of the molecule is O=C(CN1CCN(Cc2csc(-c3ccc(NC(=O)Nc4ccc(Cl)cc4)cc3)n2)CC1)N/N=C/c1cc(Cl)ccc1O. The van der Waals surface area contributed by atoms with Crippen LogP contribution in [0.3, 0.4) is 0 Å². The number of carbonyl (C=O) groups is 2. The van der Waals surface area contributed by atoms with Crippen LogP contribution in [-0.4, -0.2) is 70.8 Å². The Morgan fingerprint density at radius 1 is 0.907 bits per heavy atom. The summed E-state index contributed by atoms with van der Waals surface area (Å²) in [6.07, 6.45) is 1.37. The van der Waals surface area contributed by atoms with Crippen molar-refractivity contribution in [2.24, 2.45) is 5.10 Å². The molecule has 0 radical (unpaired) electrons. The number of phenols is 1. The minimum Gasteiger partial charge on any atom is -0.507 e. The summed E-state index contributed by atoms with van der Waals surface area (Å²) in [6.45, 7) is 4.11. The van der Waals surface area contributed by atoms with E-state index in [1.54, 1.807) is 47.7 Å². The van der Waals surface area contributed by atoms with Gasteiger partial charge in [0.25, 0.3) is 5.91 Å². The molecule has 3 amide bonds. The number of nitrogens with one attached hydrogen (secondary N) is 3. The van der Waals surface area contributed by atoms with E-state index in [1.165, 1.54) is 12.3 Å². The second-order valence-corrected chi connectivity index (χ2v) is 11.6. The Labute approximate surface area is 262 Å². The number of thiazole rings is 1. The van der Waals surface area contributed by atoms with Gasteiger partial charge in [-0.1, -0.05) is 23.2 Å². The lowest BCUT2D eigenvalue weighted by molar-refractivity contribution is -0.122. The fraction of sp³-hybridized carbons (Fsp3) is 0.200. The predicted molar refractivity (Wildman–Crippen MR) is 172 cm³/mol. The van der Waals surface area contributed by atoms with Gasteiger partial charge >= 0.3 is 6.03 Å². The normalized spacial score (nSPS) is 14.1. The number of hydrogen-bond donors (Lipinski definition) is 4. The molecule has 0 unspecified atom stereocenters. The molecule has 1 aliphatic rings. The van der Waals surface area contributed by atoms with Gasteiger partial charge in [-0.15, -0.1) is 11.3 Å². The molecule has 1 fully saturated rings. The molecule has 10 nitrogen and oxygen atoms in total. The molecular weight excluding hydrogens is 609 g/mol. The van der Waals surface area contributed by atoms with Crippen LogP contribution in [-0.2, 0) is 11.3 Å². The highest BCUT2D eigenvalue weighted by molar-refractivity contribution is 7.13. The van der Waals surface area contributed by atoms with E-state index in [4.69, 9.17) is 28.2 Å². The molecule has 1 aliphatic heterocycles. The number of hydrazone groups is 1. The van der Waals surface area contributed by atoms with E-state index in [9.17, 15) is 14.7 Å². The summed E-state index contributed by atoms with van der Waals surface area (Å²) in [7, 11) is 0. The lowest BCUT2D eigenvalue weighted by atomic mass is 10.2. The van der Waals surface area contributed by atoms with Crippen molar-refractivity contribution in [3.05, 3.63) is 93.4 Å². The summed E-state index contributed by atoms with van der Waals surface area (Å²) in [5.41, 5.74) is 6.22. The lowest BCUT2D eigenvalue weighted by Gasteiger charge is -2.33. The Morgan fingerprint density at radius 3 is 2.23 bits per heavy atom. The number of benzene rings is 3. The number of rotatable bonds is 9. The highest BCUT2D eigenvalue weighted by Crippen LogP contribution is 2.26. The number of aromatic nitrogens is 1. The maximum Gasteiger partial charge on any atom is 0.323 e. The average molecular weight is 639 g/mol. The van der Waals surface area contributed by atoms with E-state index >= 15 is 0 Å². The zero-order valence-corrected chi connectivity index (χ0v) is 25.3. The molecular formula is C30H29Cl2N7O3S. The zero-order valence-electron chi connectivity index (χ0n) is 23.0. The first kappa shape index (κ1) is 30.5. The molecule has 4 N–H and O–H groups in total. The van der Waals surface area contributed by atoms with Gasteiger partial charge in [-0.05, 0) is 66.7 Å². The summed E-state index contributed by atoms with van der Waals surface area (Å²) in [5, 5.41) is 23.4. The molecule has 0 saturated carbocycles. The second kappa shape index (κ2) is 14.5. The number of amides is 3. The van der Waals surface area contributed by atoms with Gasteiger partial charge < -0.3 is 15.7 Å². The minimum absolute atomic E-state index is 0.0356. The maximum atomic E-state index is 12.3. The molecule has 1 aromatic heterocycles. The number of aromatic hydroxyl groups is 1. The van der Waals surface area contributed by atoms with E-state index < -0.39 is 0 Å². The van der Waals surface area contributed by atoms with Crippen molar-refractivity contribution >= 4 is 64.1 Å². The molecule has 3 aromatic carbocycles. The van der Waals surface area contributed by atoms with Crippen LogP contribution >= 0.6 is 34.5 Å². The van der Waals surface area contributed by atoms with E-state index in [0.29, 0.717) is 27.0 Å². The number of carbonyl (C=O) groups excluding carboxylic acids is 2. The van der Waals surface area contributed by atoms with Crippen molar-refractivity contribution in [1.82, 2.24) is 20.2 Å². The number of anilines is 2. The topological polar surface area (TPSA) is 122 Å². The maximum absolute atomic E-state index is 12.3. The number of halogens is 2. The van der Waals surface area contributed by atoms with E-state index in [-0.39, 0.29) is 24.2 Å². The zero-order chi connectivity index (χ0) is 30.2. The van der Waals surface area contributed by atoms with Crippen LogP contribution < -0.4 is 16.1 Å². The van der Waals surface area contributed by atoms with Gasteiger partial charge in [-0.2, -0.15) is 5.10 Å². The van der Waals surface area contributed by atoms with Gasteiger partial charge in [-0.3, -0.25) is 14.6 Å². The van der Waals surface area contributed by atoms with Crippen LogP contribution in [0.15, 0.2) is 77.2 Å². The summed E-state index contributed by atoms with van der Waals surface area (Å²) < 4.78 is 0. The molecule has 0 aliphatic carbocycles. The molecule has 5 rings (SSSR count). The van der Waals surface area contributed by atoms with Crippen molar-refractivity contribution in [1.29, 1.82) is 0 Å². The van der Waals surface area contributed by atoms with Gasteiger partial charge in [0, 0.05) is 70.7 Å². The number of nitrogens with zero attached hydrogens (tertiary/aromatic N) is 4. The first-order valence-corrected chi connectivity index (χ1v) is 15.1. The Balaban J connectivity index is 1.04. The molecule has 43 heavy (non-hydrogen) atoms. The summed E-state index contributed by atoms with van der Waals surface area (Å²) in [5.74, 6) is -0.188. The number of urea groups is 1. The summed E-state index contributed by atoms with van der Waals surface area (Å²) in [4.78, 5) is 33.8. The minimum atomic E-state index is -0.337. The highest BCUT2D eigenvalue weighted by Gasteiger charge is 2.20. The van der Waals surface area contributed by atoms with Crippen molar-refractivity contribution in [3.8, 4) is 16.3 Å². The first-order chi connectivity index (χ1) is 20.8. The van der Waals surface area contributed by atoms with E-state index in [1.807, 2.05) is 24.3 Å². The summed E-state index contributed by atoms with van der Waals surface area (Å²) in [6, 6.07) is 18.7. The fourth-order valence-corrected chi connectivity index (χ4v) is 5.53. The van der Waals surface area contributed by atoms with Gasteiger partial charge in [0.2, 0.25) is 0 Å². The quantitative estimate of drug-likeness (QED) is 0.137. The lowest BCUT2D eigenvalue weighted by Crippen LogP contribution is -2.48. The Hall–Kier alpha value is -4.00. The van der Waals surface area contributed by atoms with E-state index in [2.05, 4.69) is 36.3 Å². The van der Waals surface area contributed by atoms with Crippen LogP contribution in [0, 0.1) is 0 Å². The van der Waals surface area contributed by atoms with Crippen LogP contribution in [0.2, 0.25) is 10.0 Å². The van der Waals surface area contributed by atoms with Crippen molar-refractivity contribution < 1.29 is 14.7 Å². The van der Waals surface area contributed by atoms with Crippen molar-refractivity contribution in [2.45, 2.75) is 6.54 Å². The molecule has 2 heterocycles. The predicted octanol–water partition coefficient (Wildman–Crippen LogP) is 5.73. The van der Waals surface area contributed by atoms with Crippen molar-refractivity contribution in [3.63, 3.8) is 0 Å². The number of phenolic OH excluding ortho intramolecular Hbond substituents is 1. The fourth-order valence-electron chi connectivity index (χ4n) is 4.41. The Morgan fingerprint density at radius 2 is 1.53 bits per heavy atom. The van der Waals surface area contributed by atoms with Crippen LogP contribution in [0.25, 0.3) is 10.6 Å². The van der Waals surface area contributed by atoms with E-state index in [0.717, 1.165) is 49.0 Å². The Kier molecular flexibility index (Phi) is 10.2. The van der Waals surface area contributed by atoms with Crippen LogP contribution in [0.4, 0.5) is 16.2 Å². The van der Waals surface area contributed by atoms with Crippen molar-refractivity contribution in [2.75, 3.05) is 43.4 Å². The smallest absolute Gasteiger partial charge is 0.323 e. The number of piperazine rings is 1. The molecule has 1 saturated heterocycles. The largest absolute Gasteiger partial charge is 0.507 e. The van der Waals surface area contributed by atoms with Gasteiger partial charge in [0.05, 0.1) is 18.5 Å². The standard InChI is InChI=1S/C30H29Cl2N7O3S/c31-22-3-8-25(9-4-22)36-30(42)35-24-6-1-20(2-7-24)29-34-26(19-43-29)17-38-11-13-39(14-12-38)18-28(41)37-33-16-21-15-23(32)5-10-27(21)40/h1-10,15-16,19,40H,11-14,17-18H2,(H,37,41)(H2,35,36,42)/b33-16+. The van der Waals surface area contributed by atoms with Gasteiger partial charge in [0.15, 0.2) is 0 Å². The number of hydrogen-bond acceptors (Lipinski definition) is 8. The Bertz CT molecular complexity index is 1590. The van der Waals surface area contributed by atoms with Gasteiger partial charge in [0.1, 0.15) is 10.8 Å². The second-order valence-electron chi connectivity index (χ2n) is 9.86. The van der Waals surface area contributed by atoms with Crippen LogP contribution in [0.5, 0.6) is 5.75 Å². The average Bonchev–Trinajstić information content (AvgIpc) is 3.46. The van der Waals surface area contributed by atoms with Crippen LogP contribution in [0.1, 0.15) is 11.3 Å². The van der Waals surface area contributed by atoms with Gasteiger partial charge in [-0.25, -0.2) is 15.2 Å². The molecule has 4 aromatic rings. The third-order valence-electron chi connectivity index (χ3n) is 6.64. The molecule has 0 atom stereocenters. The summed E-state index contributed by atoms with van der Waals surface area (Å²) >= 11 is 13.4. The highest BCUT2D eigenvalue weighted by atomic mass is 35.5. The molecule has 0 spiro atoms. The molecule has 222 valence electrons. The monoisotopic (exact) mass is 637 g/mol. The molecule has 0 bridgehead atoms. The third kappa shape index (κ3) is 8.99. The first-order valence-electron chi connectivity index (χ1n) is 13.4. The molecule has 13 heteroatoms. The third-order valence-corrected chi connectivity index (χ3v) is 8.07.